The number of rotatable bonds is 3. The predicted octanol–water partition coefficient (Wildman–Crippen LogP) is 1.88. The van der Waals surface area contributed by atoms with Crippen molar-refractivity contribution >= 4 is 36.2 Å². The second kappa shape index (κ2) is 7.74. The number of nitrogens with two attached hydrogens (primary N) is 2. The molecule has 0 aromatic heterocycles. The predicted molar refractivity (Wildman–Crippen MR) is 65.3 cm³/mol. The largest absolute Gasteiger partial charge is 0.397 e. The minimum absolute atomic E-state index is 0. The molecule has 1 rings (SSSR count). The zero-order chi connectivity index (χ0) is 8.97. The Morgan fingerprint density at radius 1 is 1.14 bits per heavy atom. The zero-order valence-electron chi connectivity index (χ0n) is 8.03. The summed E-state index contributed by atoms with van der Waals surface area (Å²) in [6, 6.07) is 5.67. The summed E-state index contributed by atoms with van der Waals surface area (Å²) in [6.45, 7) is 0.712. The van der Waals surface area contributed by atoms with Crippen LogP contribution in [0.5, 0.6) is 0 Å². The molecule has 5 heteroatoms. The minimum atomic E-state index is 0. The van der Waals surface area contributed by atoms with E-state index in [1.165, 1.54) is 0 Å². The third kappa shape index (κ3) is 4.56. The molecule has 4 N–H and O–H groups in total. The average molecular weight is 239 g/mol. The molecular formula is C9H16Cl2N2O. The summed E-state index contributed by atoms with van der Waals surface area (Å²) in [4.78, 5) is 0. The molecule has 0 heterocycles. The normalized spacial score (nSPS) is 8.64. The molecule has 0 saturated carbocycles. The lowest BCUT2D eigenvalue weighted by Crippen LogP contribution is -1.98. The van der Waals surface area contributed by atoms with E-state index < -0.39 is 0 Å². The van der Waals surface area contributed by atoms with Gasteiger partial charge in [-0.1, -0.05) is 6.07 Å². The van der Waals surface area contributed by atoms with Crippen molar-refractivity contribution in [3.05, 3.63) is 23.8 Å². The van der Waals surface area contributed by atoms with Crippen molar-refractivity contribution in [1.29, 1.82) is 0 Å². The number of methoxy groups -OCH3 is 1. The van der Waals surface area contributed by atoms with E-state index in [2.05, 4.69) is 0 Å². The Bertz CT molecular complexity index is 269. The second-order valence-electron chi connectivity index (χ2n) is 2.71. The van der Waals surface area contributed by atoms with Crippen LogP contribution in [0.25, 0.3) is 0 Å². The van der Waals surface area contributed by atoms with E-state index in [0.29, 0.717) is 18.0 Å². The summed E-state index contributed by atoms with van der Waals surface area (Å²) in [5, 5.41) is 0. The highest BCUT2D eigenvalue weighted by Crippen LogP contribution is 2.16. The van der Waals surface area contributed by atoms with Crippen molar-refractivity contribution in [2.75, 3.05) is 25.2 Å². The maximum atomic E-state index is 5.63. The molecule has 82 valence electrons. The molecule has 0 radical (unpaired) electrons. The highest BCUT2D eigenvalue weighted by Gasteiger charge is 1.96. The SMILES string of the molecule is COCCc1ccc(N)c(N)c1.Cl.Cl. The topological polar surface area (TPSA) is 61.3 Å². The van der Waals surface area contributed by atoms with Crippen LogP contribution in [0, 0.1) is 0 Å². The molecule has 1 aromatic carbocycles. The van der Waals surface area contributed by atoms with Gasteiger partial charge in [0.15, 0.2) is 0 Å². The van der Waals surface area contributed by atoms with Gasteiger partial charge in [0.05, 0.1) is 18.0 Å². The van der Waals surface area contributed by atoms with Crippen LogP contribution in [0.3, 0.4) is 0 Å². The molecule has 1 aromatic rings. The zero-order valence-corrected chi connectivity index (χ0v) is 9.66. The molecular weight excluding hydrogens is 223 g/mol. The van der Waals surface area contributed by atoms with Gasteiger partial charge in [-0.05, 0) is 24.1 Å². The van der Waals surface area contributed by atoms with Gasteiger partial charge in [0, 0.05) is 7.11 Å². The van der Waals surface area contributed by atoms with E-state index in [9.17, 15) is 0 Å². The Labute approximate surface area is 96.6 Å². The summed E-state index contributed by atoms with van der Waals surface area (Å²) in [5.74, 6) is 0. The van der Waals surface area contributed by atoms with Crippen LogP contribution in [0.2, 0.25) is 0 Å². The lowest BCUT2D eigenvalue weighted by molar-refractivity contribution is 0.202. The van der Waals surface area contributed by atoms with Gasteiger partial charge in [0.1, 0.15) is 0 Å². The van der Waals surface area contributed by atoms with Crippen LogP contribution in [-0.4, -0.2) is 13.7 Å². The van der Waals surface area contributed by atoms with E-state index in [0.717, 1.165) is 12.0 Å². The molecule has 0 spiro atoms. The fourth-order valence-corrected chi connectivity index (χ4v) is 1.000. The molecule has 0 aliphatic carbocycles. The molecule has 0 saturated heterocycles. The molecule has 0 fully saturated rings. The molecule has 0 bridgehead atoms. The van der Waals surface area contributed by atoms with Gasteiger partial charge in [-0.3, -0.25) is 0 Å². The van der Waals surface area contributed by atoms with Crippen molar-refractivity contribution in [1.82, 2.24) is 0 Å². The summed E-state index contributed by atoms with van der Waals surface area (Å²) < 4.78 is 4.94. The first kappa shape index (κ1) is 15.8. The van der Waals surface area contributed by atoms with Crippen LogP contribution < -0.4 is 11.5 Å². The Balaban J connectivity index is 0. The lowest BCUT2D eigenvalue weighted by Gasteiger charge is -2.03. The fraction of sp³-hybridized carbons (Fsp3) is 0.333. The molecule has 0 aliphatic rings. The Hall–Kier alpha value is -0.640. The third-order valence-electron chi connectivity index (χ3n) is 1.75. The number of nitrogen functional groups attached to an aromatic ring is 2. The second-order valence-corrected chi connectivity index (χ2v) is 2.71. The van der Waals surface area contributed by atoms with Crippen LogP contribution >= 0.6 is 24.8 Å². The number of hydrogen-bond acceptors (Lipinski definition) is 3. The van der Waals surface area contributed by atoms with Crippen LogP contribution in [0.4, 0.5) is 11.4 Å². The van der Waals surface area contributed by atoms with Gasteiger partial charge in [-0.25, -0.2) is 0 Å². The molecule has 3 nitrogen and oxygen atoms in total. The van der Waals surface area contributed by atoms with E-state index in [1.807, 2.05) is 18.2 Å². The Morgan fingerprint density at radius 3 is 2.29 bits per heavy atom. The highest BCUT2D eigenvalue weighted by atomic mass is 35.5. The molecule has 0 aliphatic heterocycles. The quantitative estimate of drug-likeness (QED) is 0.791. The maximum absolute atomic E-state index is 5.63. The third-order valence-corrected chi connectivity index (χ3v) is 1.75. The van der Waals surface area contributed by atoms with Crippen molar-refractivity contribution in [3.63, 3.8) is 0 Å². The number of ether oxygens (including phenoxy) is 1. The minimum Gasteiger partial charge on any atom is -0.397 e. The number of hydrogen-bond donors (Lipinski definition) is 2. The molecule has 14 heavy (non-hydrogen) atoms. The molecule has 0 atom stereocenters. The monoisotopic (exact) mass is 238 g/mol. The molecule has 0 amide bonds. The molecule has 0 unspecified atom stereocenters. The average Bonchev–Trinajstić information content (AvgIpc) is 2.07. The van der Waals surface area contributed by atoms with Crippen molar-refractivity contribution in [2.45, 2.75) is 6.42 Å². The van der Waals surface area contributed by atoms with Crippen molar-refractivity contribution in [2.24, 2.45) is 0 Å². The van der Waals surface area contributed by atoms with Crippen LogP contribution in [0.15, 0.2) is 18.2 Å². The maximum Gasteiger partial charge on any atom is 0.0550 e. The van der Waals surface area contributed by atoms with Gasteiger partial charge in [-0.15, -0.1) is 24.8 Å². The Kier molecular flexibility index (Phi) is 8.74. The van der Waals surface area contributed by atoms with E-state index >= 15 is 0 Å². The van der Waals surface area contributed by atoms with Gasteiger partial charge < -0.3 is 16.2 Å². The number of halogens is 2. The first-order valence-corrected chi connectivity index (χ1v) is 3.87. The van der Waals surface area contributed by atoms with Gasteiger partial charge >= 0.3 is 0 Å². The number of benzene rings is 1. The summed E-state index contributed by atoms with van der Waals surface area (Å²) in [5.41, 5.74) is 13.6. The van der Waals surface area contributed by atoms with Gasteiger partial charge in [0.25, 0.3) is 0 Å². The first-order valence-electron chi connectivity index (χ1n) is 3.87. The van der Waals surface area contributed by atoms with Crippen molar-refractivity contribution in [3.8, 4) is 0 Å². The number of anilines is 2. The van der Waals surface area contributed by atoms with Gasteiger partial charge in [0.2, 0.25) is 0 Å². The lowest BCUT2D eigenvalue weighted by atomic mass is 10.1. The van der Waals surface area contributed by atoms with E-state index in [-0.39, 0.29) is 24.8 Å². The fourth-order valence-electron chi connectivity index (χ4n) is 1.000. The Morgan fingerprint density at radius 2 is 1.79 bits per heavy atom. The highest BCUT2D eigenvalue weighted by molar-refractivity contribution is 5.85. The standard InChI is InChI=1S/C9H14N2O.2ClH/c1-12-5-4-7-2-3-8(10)9(11)6-7;;/h2-3,6H,4-5,10-11H2,1H3;2*1H. The van der Waals surface area contributed by atoms with Crippen molar-refractivity contribution < 1.29 is 4.74 Å². The van der Waals surface area contributed by atoms with Gasteiger partial charge in [-0.2, -0.15) is 0 Å². The smallest absolute Gasteiger partial charge is 0.0550 e. The van der Waals surface area contributed by atoms with Crippen LogP contribution in [-0.2, 0) is 11.2 Å². The van der Waals surface area contributed by atoms with E-state index in [4.69, 9.17) is 16.2 Å². The first-order chi connectivity index (χ1) is 5.74. The summed E-state index contributed by atoms with van der Waals surface area (Å²) in [6.07, 6.45) is 0.876. The summed E-state index contributed by atoms with van der Waals surface area (Å²) >= 11 is 0. The summed E-state index contributed by atoms with van der Waals surface area (Å²) in [7, 11) is 1.68. The van der Waals surface area contributed by atoms with E-state index in [1.54, 1.807) is 7.11 Å². The van der Waals surface area contributed by atoms with Crippen LogP contribution in [0.1, 0.15) is 5.56 Å².